The molecule has 0 fully saturated rings. The summed E-state index contributed by atoms with van der Waals surface area (Å²) in [5, 5.41) is 30.6. The molecule has 0 saturated carbocycles. The Kier molecular flexibility index (Phi) is 7.41. The third-order valence-corrected chi connectivity index (χ3v) is 8.37. The second-order valence-corrected chi connectivity index (χ2v) is 10.9. The van der Waals surface area contributed by atoms with Gasteiger partial charge >= 0.3 is 0 Å². The summed E-state index contributed by atoms with van der Waals surface area (Å²) in [5.41, 5.74) is 9.51. The fourth-order valence-corrected chi connectivity index (χ4v) is 6.28. The summed E-state index contributed by atoms with van der Waals surface area (Å²) in [6, 6.07) is 16.4. The van der Waals surface area contributed by atoms with Gasteiger partial charge in [0.05, 0.1) is 34.9 Å². The molecule has 1 aliphatic carbocycles. The van der Waals surface area contributed by atoms with Crippen LogP contribution in [-0.4, -0.2) is 27.6 Å². The number of Topliss-reactive ketones (excluding diaryl/α,β-unsaturated/α-hetero) is 1. The van der Waals surface area contributed by atoms with Gasteiger partial charge in [0.1, 0.15) is 11.6 Å². The highest BCUT2D eigenvalue weighted by Gasteiger charge is 2.41. The summed E-state index contributed by atoms with van der Waals surface area (Å²) < 4.78 is 14.1. The Morgan fingerprint density at radius 2 is 1.87 bits per heavy atom. The second kappa shape index (κ2) is 11.1. The molecule has 1 aromatic heterocycles. The van der Waals surface area contributed by atoms with Gasteiger partial charge in [0.15, 0.2) is 10.1 Å². The number of amides is 1. The smallest absolute Gasteiger partial charge is 0.234 e. The van der Waals surface area contributed by atoms with Gasteiger partial charge in [0.25, 0.3) is 0 Å². The van der Waals surface area contributed by atoms with E-state index in [1.54, 1.807) is 41.3 Å². The van der Waals surface area contributed by atoms with Crippen molar-refractivity contribution in [2.45, 2.75) is 29.5 Å². The number of anilines is 2. The number of nitrogens with one attached hydrogen (secondary N) is 1. The van der Waals surface area contributed by atoms with E-state index in [0.29, 0.717) is 56.8 Å². The Balaban J connectivity index is 1.39. The number of allylic oxidation sites excluding steroid dienone is 3. The standard InChI is InChI=1S/C27H20FN7O2S2/c28-17-8-6-16(7-9-17)23-19(13-30)25(31)35(20-2-1-3-21(36)24(20)23)26-33-34-27(39-26)38-14-22(37)32-18-10-4-15(12-29)5-11-18/h4-11,23H,1-3,14,31H2,(H,32,37). The van der Waals surface area contributed by atoms with Gasteiger partial charge in [-0.25, -0.2) is 4.39 Å². The van der Waals surface area contributed by atoms with Gasteiger partial charge in [0, 0.05) is 23.4 Å². The maximum Gasteiger partial charge on any atom is 0.234 e. The number of nitrogens with zero attached hydrogens (tertiary/aromatic N) is 5. The molecule has 3 N–H and O–H groups in total. The van der Waals surface area contributed by atoms with Gasteiger partial charge < -0.3 is 11.1 Å². The van der Waals surface area contributed by atoms with Crippen LogP contribution in [0.3, 0.4) is 0 Å². The topological polar surface area (TPSA) is 149 Å². The first-order chi connectivity index (χ1) is 18.9. The number of aromatic nitrogens is 2. The van der Waals surface area contributed by atoms with E-state index in [0.717, 1.165) is 0 Å². The molecule has 12 heteroatoms. The van der Waals surface area contributed by atoms with Crippen molar-refractivity contribution in [3.8, 4) is 12.1 Å². The highest BCUT2D eigenvalue weighted by molar-refractivity contribution is 8.01. The Morgan fingerprint density at radius 3 is 2.56 bits per heavy atom. The Labute approximate surface area is 231 Å². The molecule has 2 heterocycles. The summed E-state index contributed by atoms with van der Waals surface area (Å²) >= 11 is 2.39. The van der Waals surface area contributed by atoms with Gasteiger partial charge in [-0.05, 0) is 54.8 Å². The van der Waals surface area contributed by atoms with E-state index in [2.05, 4.69) is 21.6 Å². The number of nitriles is 2. The van der Waals surface area contributed by atoms with Crippen molar-refractivity contribution in [2.75, 3.05) is 16.0 Å². The fourth-order valence-electron chi connectivity index (χ4n) is 4.60. The van der Waals surface area contributed by atoms with E-state index in [1.807, 2.05) is 6.07 Å². The van der Waals surface area contributed by atoms with E-state index in [-0.39, 0.29) is 28.8 Å². The molecule has 1 aliphatic heterocycles. The first kappa shape index (κ1) is 26.1. The maximum atomic E-state index is 13.6. The molecular formula is C27H20FN7O2S2. The number of halogens is 1. The van der Waals surface area contributed by atoms with Crippen molar-refractivity contribution in [1.82, 2.24) is 10.2 Å². The molecule has 1 unspecified atom stereocenters. The molecule has 2 aliphatic rings. The molecule has 5 rings (SSSR count). The lowest BCUT2D eigenvalue weighted by Crippen LogP contribution is -2.38. The zero-order valence-electron chi connectivity index (χ0n) is 20.3. The molecule has 194 valence electrons. The van der Waals surface area contributed by atoms with Crippen LogP contribution >= 0.6 is 23.1 Å². The lowest BCUT2D eigenvalue weighted by Gasteiger charge is -2.38. The zero-order chi connectivity index (χ0) is 27.5. The van der Waals surface area contributed by atoms with E-state index in [9.17, 15) is 19.2 Å². The number of hydrogen-bond acceptors (Lipinski definition) is 10. The van der Waals surface area contributed by atoms with Gasteiger partial charge in [-0.3, -0.25) is 14.5 Å². The molecule has 0 spiro atoms. The molecule has 1 atom stereocenters. The predicted octanol–water partition coefficient (Wildman–Crippen LogP) is 4.58. The Bertz CT molecular complexity index is 1600. The normalized spacial score (nSPS) is 16.9. The van der Waals surface area contributed by atoms with Crippen LogP contribution in [0.2, 0.25) is 0 Å². The number of thioether (sulfide) groups is 1. The molecule has 9 nitrogen and oxygen atoms in total. The minimum Gasteiger partial charge on any atom is -0.384 e. The molecule has 3 aromatic rings. The molecule has 2 aromatic carbocycles. The number of carbonyl (C=O) groups excluding carboxylic acids is 2. The monoisotopic (exact) mass is 557 g/mol. The largest absolute Gasteiger partial charge is 0.384 e. The summed E-state index contributed by atoms with van der Waals surface area (Å²) in [6.07, 6.45) is 1.51. The van der Waals surface area contributed by atoms with Crippen molar-refractivity contribution in [3.05, 3.63) is 88.1 Å². The molecule has 0 bridgehead atoms. The number of hydrogen-bond donors (Lipinski definition) is 2. The number of rotatable bonds is 6. The van der Waals surface area contributed by atoms with E-state index >= 15 is 0 Å². The minimum atomic E-state index is -0.692. The van der Waals surface area contributed by atoms with Crippen LogP contribution in [0.4, 0.5) is 15.2 Å². The van der Waals surface area contributed by atoms with Crippen molar-refractivity contribution in [3.63, 3.8) is 0 Å². The van der Waals surface area contributed by atoms with Crippen LogP contribution < -0.4 is 16.0 Å². The predicted molar refractivity (Wildman–Crippen MR) is 145 cm³/mol. The van der Waals surface area contributed by atoms with E-state index in [1.165, 1.54) is 35.2 Å². The number of ketones is 1. The Morgan fingerprint density at radius 1 is 1.13 bits per heavy atom. The molecule has 1 amide bonds. The molecule has 0 radical (unpaired) electrons. The molecule has 0 saturated heterocycles. The lowest BCUT2D eigenvalue weighted by atomic mass is 9.76. The average Bonchev–Trinajstić information content (AvgIpc) is 3.41. The highest BCUT2D eigenvalue weighted by atomic mass is 32.2. The third kappa shape index (κ3) is 5.25. The van der Waals surface area contributed by atoms with Crippen LogP contribution in [0, 0.1) is 28.5 Å². The molecule has 39 heavy (non-hydrogen) atoms. The fraction of sp³-hybridized carbons (Fsp3) is 0.185. The second-order valence-electron chi connectivity index (χ2n) is 8.74. The van der Waals surface area contributed by atoms with Crippen molar-refractivity contribution >= 4 is 45.6 Å². The third-order valence-electron chi connectivity index (χ3n) is 6.33. The van der Waals surface area contributed by atoms with Gasteiger partial charge in [-0.2, -0.15) is 10.5 Å². The minimum absolute atomic E-state index is 0.0719. The summed E-state index contributed by atoms with van der Waals surface area (Å²) in [7, 11) is 0. The summed E-state index contributed by atoms with van der Waals surface area (Å²) in [4.78, 5) is 27.2. The highest BCUT2D eigenvalue weighted by Crippen LogP contribution is 2.47. The van der Waals surface area contributed by atoms with Crippen LogP contribution in [0.15, 0.2) is 75.5 Å². The van der Waals surface area contributed by atoms with Crippen molar-refractivity contribution in [1.29, 1.82) is 10.5 Å². The summed E-state index contributed by atoms with van der Waals surface area (Å²) in [6.45, 7) is 0. The zero-order valence-corrected chi connectivity index (χ0v) is 22.0. The van der Waals surface area contributed by atoms with Crippen LogP contribution in [0.1, 0.15) is 36.3 Å². The van der Waals surface area contributed by atoms with Gasteiger partial charge in [0.2, 0.25) is 11.0 Å². The number of carbonyl (C=O) groups is 2. The first-order valence-electron chi connectivity index (χ1n) is 11.9. The molecular weight excluding hydrogens is 537 g/mol. The maximum absolute atomic E-state index is 13.6. The van der Waals surface area contributed by atoms with Crippen molar-refractivity contribution < 1.29 is 14.0 Å². The number of nitrogens with two attached hydrogens (primary N) is 1. The average molecular weight is 558 g/mol. The lowest BCUT2D eigenvalue weighted by molar-refractivity contribution is -0.116. The van der Waals surface area contributed by atoms with E-state index < -0.39 is 11.7 Å². The van der Waals surface area contributed by atoms with Crippen LogP contribution in [-0.2, 0) is 9.59 Å². The van der Waals surface area contributed by atoms with Crippen LogP contribution in [0.5, 0.6) is 0 Å². The quantitative estimate of drug-likeness (QED) is 0.415. The first-order valence-corrected chi connectivity index (χ1v) is 13.7. The van der Waals surface area contributed by atoms with Gasteiger partial charge in [-0.1, -0.05) is 35.2 Å². The number of benzene rings is 2. The summed E-state index contributed by atoms with van der Waals surface area (Å²) in [5.74, 6) is -1.23. The van der Waals surface area contributed by atoms with E-state index in [4.69, 9.17) is 11.0 Å². The van der Waals surface area contributed by atoms with Gasteiger partial charge in [-0.15, -0.1) is 10.2 Å². The van der Waals surface area contributed by atoms with Crippen LogP contribution in [0.25, 0.3) is 0 Å². The SMILES string of the molecule is N#CC1=C(N)N(c2nnc(SCC(=O)Nc3ccc(C#N)cc3)s2)C2=C(C(=O)CCC2)C1c1ccc(F)cc1. The Hall–Kier alpha value is -4.52. The van der Waals surface area contributed by atoms with Crippen molar-refractivity contribution in [2.24, 2.45) is 5.73 Å².